The van der Waals surface area contributed by atoms with Gasteiger partial charge in [-0.2, -0.15) is 0 Å². The molecule has 2 rings (SSSR count). The zero-order valence-corrected chi connectivity index (χ0v) is 12.3. The molecule has 1 heterocycles. The molecule has 1 aliphatic rings. The van der Waals surface area contributed by atoms with Crippen molar-refractivity contribution >= 4 is 8.17 Å². The van der Waals surface area contributed by atoms with Crippen LogP contribution in [0.5, 0.6) is 5.75 Å². The van der Waals surface area contributed by atoms with Crippen molar-refractivity contribution in [1.29, 1.82) is 0 Å². The molecule has 0 saturated carbocycles. The van der Waals surface area contributed by atoms with Gasteiger partial charge in [0.15, 0.2) is 0 Å². The van der Waals surface area contributed by atoms with Crippen molar-refractivity contribution in [2.75, 3.05) is 13.2 Å². The van der Waals surface area contributed by atoms with E-state index in [0.717, 1.165) is 5.56 Å². The summed E-state index contributed by atoms with van der Waals surface area (Å²) in [7, 11) is -3.73. The molecule has 1 aliphatic heterocycles. The fourth-order valence-corrected chi connectivity index (χ4v) is 3.33. The summed E-state index contributed by atoms with van der Waals surface area (Å²) >= 11 is 0. The number of hydrogen-bond acceptors (Lipinski definition) is 5. The highest BCUT2D eigenvalue weighted by atomic mass is 31.2. The average Bonchev–Trinajstić information content (AvgIpc) is 2.34. The maximum atomic E-state index is 9.64. The van der Waals surface area contributed by atoms with Gasteiger partial charge in [0, 0.05) is 11.0 Å². The molecular formula is C13H20O5P. The van der Waals surface area contributed by atoms with Crippen molar-refractivity contribution in [2.45, 2.75) is 26.9 Å². The molecule has 19 heavy (non-hydrogen) atoms. The molecular weight excluding hydrogens is 267 g/mol. The summed E-state index contributed by atoms with van der Waals surface area (Å²) in [6.45, 7) is 6.58. The van der Waals surface area contributed by atoms with Crippen molar-refractivity contribution in [2.24, 2.45) is 5.41 Å². The largest absolute Gasteiger partial charge is 0.493 e. The van der Waals surface area contributed by atoms with E-state index in [1.165, 1.54) is 0 Å². The van der Waals surface area contributed by atoms with Gasteiger partial charge in [0.25, 0.3) is 0 Å². The molecule has 1 unspecified atom stereocenters. The van der Waals surface area contributed by atoms with Gasteiger partial charge < -0.3 is 14.5 Å². The number of benzene rings is 1. The van der Waals surface area contributed by atoms with Crippen LogP contribution in [0.25, 0.3) is 0 Å². The molecule has 1 aromatic rings. The van der Waals surface area contributed by atoms with Crippen LogP contribution in [0.15, 0.2) is 24.3 Å². The zero-order valence-electron chi connectivity index (χ0n) is 11.4. The van der Waals surface area contributed by atoms with E-state index in [1.54, 1.807) is 0 Å². The van der Waals surface area contributed by atoms with Gasteiger partial charge >= 0.3 is 8.17 Å². The minimum absolute atomic E-state index is 0.221. The van der Waals surface area contributed by atoms with E-state index in [1.807, 2.05) is 45.0 Å². The Morgan fingerprint density at radius 1 is 1.37 bits per heavy atom. The van der Waals surface area contributed by atoms with Crippen molar-refractivity contribution in [3.8, 4) is 5.75 Å². The van der Waals surface area contributed by atoms with Gasteiger partial charge in [-0.15, -0.1) is 0 Å². The molecule has 0 amide bonds. The van der Waals surface area contributed by atoms with Crippen molar-refractivity contribution < 1.29 is 23.6 Å². The van der Waals surface area contributed by atoms with Gasteiger partial charge in [-0.25, -0.2) is 0 Å². The second kappa shape index (κ2) is 5.35. The Morgan fingerprint density at radius 2 is 2.05 bits per heavy atom. The lowest BCUT2D eigenvalue weighted by Crippen LogP contribution is -2.34. The monoisotopic (exact) mass is 287 g/mol. The van der Waals surface area contributed by atoms with Crippen molar-refractivity contribution in [3.05, 3.63) is 29.8 Å². The molecule has 1 fully saturated rings. The van der Waals surface area contributed by atoms with Crippen LogP contribution in [0.1, 0.15) is 32.4 Å². The Kier molecular flexibility index (Phi) is 4.14. The lowest BCUT2D eigenvalue weighted by Gasteiger charge is -2.43. The van der Waals surface area contributed by atoms with Gasteiger partial charge in [-0.05, 0) is 13.0 Å². The molecule has 0 spiro atoms. The van der Waals surface area contributed by atoms with Crippen LogP contribution in [0.4, 0.5) is 0 Å². The third-order valence-corrected chi connectivity index (χ3v) is 4.01. The van der Waals surface area contributed by atoms with Crippen LogP contribution in [0.3, 0.4) is 0 Å². The average molecular weight is 287 g/mol. The van der Waals surface area contributed by atoms with E-state index >= 15 is 0 Å². The van der Waals surface area contributed by atoms with Gasteiger partial charge in [0.05, 0.1) is 13.2 Å². The minimum atomic E-state index is -3.73. The summed E-state index contributed by atoms with van der Waals surface area (Å²) in [5.74, 6) is 0.699. The summed E-state index contributed by atoms with van der Waals surface area (Å²) in [5.41, 5.74) is 0.437. The second-order valence-corrected chi connectivity index (χ2v) is 6.66. The lowest BCUT2D eigenvalue weighted by atomic mass is 9.83. The lowest BCUT2D eigenvalue weighted by molar-refractivity contribution is -0.0641. The molecule has 1 saturated heterocycles. The van der Waals surface area contributed by atoms with Crippen LogP contribution in [-0.2, 0) is 9.05 Å². The van der Waals surface area contributed by atoms with Crippen molar-refractivity contribution in [1.82, 2.24) is 0 Å². The predicted molar refractivity (Wildman–Crippen MR) is 72.5 cm³/mol. The highest BCUT2D eigenvalue weighted by Crippen LogP contribution is 2.64. The number of ether oxygens (including phenoxy) is 1. The molecule has 0 aliphatic carbocycles. The molecule has 1 aromatic carbocycles. The maximum Gasteiger partial charge on any atom is 0.375 e. The van der Waals surface area contributed by atoms with E-state index in [2.05, 4.69) is 0 Å². The first-order valence-corrected chi connectivity index (χ1v) is 7.78. The first-order chi connectivity index (χ1) is 8.86. The molecule has 5 nitrogen and oxygen atoms in total. The van der Waals surface area contributed by atoms with E-state index in [0.29, 0.717) is 12.4 Å². The summed E-state index contributed by atoms with van der Waals surface area (Å²) < 4.78 is 16.0. The summed E-state index contributed by atoms with van der Waals surface area (Å²) in [4.78, 5) is 19.3. The summed E-state index contributed by atoms with van der Waals surface area (Å²) in [6, 6.07) is 7.48. The van der Waals surface area contributed by atoms with E-state index in [4.69, 9.17) is 13.8 Å². The van der Waals surface area contributed by atoms with E-state index in [-0.39, 0.29) is 12.0 Å². The predicted octanol–water partition coefficient (Wildman–Crippen LogP) is 2.86. The molecule has 1 atom stereocenters. The van der Waals surface area contributed by atoms with E-state index < -0.39 is 14.3 Å². The number of rotatable bonds is 3. The second-order valence-electron chi connectivity index (χ2n) is 5.21. The minimum Gasteiger partial charge on any atom is -0.493 e. The quantitative estimate of drug-likeness (QED) is 0.837. The fraction of sp³-hybridized carbons (Fsp3) is 0.538. The van der Waals surface area contributed by atoms with E-state index in [9.17, 15) is 9.79 Å². The summed E-state index contributed by atoms with van der Waals surface area (Å²) in [5, 5.41) is 0. The first-order valence-electron chi connectivity index (χ1n) is 6.25. The molecule has 0 bridgehead atoms. The van der Waals surface area contributed by atoms with Crippen LogP contribution in [0.2, 0.25) is 0 Å². The Hall–Kier alpha value is -0.710. The first kappa shape index (κ1) is 14.7. The SMILES string of the molecule is CCOc1ccccc1C1O[P](O)(O)OCC1(C)C. The highest BCUT2D eigenvalue weighted by Gasteiger charge is 2.46. The van der Waals surface area contributed by atoms with Gasteiger partial charge in [0.2, 0.25) is 0 Å². The molecule has 6 heteroatoms. The third kappa shape index (κ3) is 3.25. The fourth-order valence-electron chi connectivity index (χ4n) is 2.10. The van der Waals surface area contributed by atoms with Crippen LogP contribution < -0.4 is 4.74 Å². The number of hydrogen-bond donors (Lipinski definition) is 2. The molecule has 1 radical (unpaired) electrons. The molecule has 0 aromatic heterocycles. The summed E-state index contributed by atoms with van der Waals surface area (Å²) in [6.07, 6.45) is -0.479. The Balaban J connectivity index is 2.37. The Morgan fingerprint density at radius 3 is 2.74 bits per heavy atom. The normalized spacial score (nSPS) is 25.0. The standard InChI is InChI=1S/C13H20O5P/c1-4-16-11-8-6-5-7-10(11)12-13(2,3)9-17-19(14,15)18-12/h5-8,12,14-15H,4,9H2,1-3H3. The topological polar surface area (TPSA) is 68.2 Å². The van der Waals surface area contributed by atoms with Gasteiger partial charge in [-0.3, -0.25) is 9.05 Å². The zero-order chi connectivity index (χ0) is 14.1. The smallest absolute Gasteiger partial charge is 0.375 e. The Bertz CT molecular complexity index is 446. The van der Waals surface area contributed by atoms with Crippen LogP contribution in [0, 0.1) is 5.41 Å². The van der Waals surface area contributed by atoms with Crippen molar-refractivity contribution in [3.63, 3.8) is 0 Å². The maximum absolute atomic E-state index is 9.64. The number of para-hydroxylation sites is 1. The highest BCUT2D eigenvalue weighted by molar-refractivity contribution is 7.54. The van der Waals surface area contributed by atoms with Gasteiger partial charge in [-0.1, -0.05) is 32.0 Å². The van der Waals surface area contributed by atoms with Crippen LogP contribution >= 0.6 is 8.17 Å². The molecule has 2 N–H and O–H groups in total. The molecule has 107 valence electrons. The third-order valence-electron chi connectivity index (χ3n) is 3.06. The van der Waals surface area contributed by atoms with Crippen LogP contribution in [-0.4, -0.2) is 23.0 Å². The Labute approximate surface area is 113 Å². The van der Waals surface area contributed by atoms with Gasteiger partial charge in [0.1, 0.15) is 11.9 Å².